The third kappa shape index (κ3) is 3.15. The van der Waals surface area contributed by atoms with Gasteiger partial charge in [-0.2, -0.15) is 0 Å². The minimum absolute atomic E-state index is 0.228. The van der Waals surface area contributed by atoms with Crippen LogP contribution in [0.25, 0.3) is 6.08 Å². The Labute approximate surface area is 134 Å². The van der Waals surface area contributed by atoms with E-state index < -0.39 is 0 Å². The molecule has 0 saturated carbocycles. The van der Waals surface area contributed by atoms with E-state index in [1.807, 2.05) is 0 Å². The van der Waals surface area contributed by atoms with Gasteiger partial charge in [0.2, 0.25) is 0 Å². The van der Waals surface area contributed by atoms with Crippen LogP contribution in [0.3, 0.4) is 0 Å². The van der Waals surface area contributed by atoms with Crippen LogP contribution in [0.1, 0.15) is 5.76 Å². The van der Waals surface area contributed by atoms with Gasteiger partial charge in [-0.05, 0) is 36.0 Å². The maximum atomic E-state index is 11.9. The van der Waals surface area contributed by atoms with Crippen LogP contribution < -0.4 is 5.32 Å². The van der Waals surface area contributed by atoms with E-state index >= 15 is 0 Å². The van der Waals surface area contributed by atoms with Gasteiger partial charge in [0.25, 0.3) is 5.91 Å². The summed E-state index contributed by atoms with van der Waals surface area (Å²) in [5.74, 6) is 0.378. The zero-order chi connectivity index (χ0) is 14.8. The normalized spacial score (nSPS) is 18.5. The average molecular weight is 339 g/mol. The summed E-state index contributed by atoms with van der Waals surface area (Å²) >= 11 is 13.2. The Kier molecular flexibility index (Phi) is 4.05. The summed E-state index contributed by atoms with van der Waals surface area (Å²) < 4.78 is 5.18. The highest BCUT2D eigenvalue weighted by Crippen LogP contribution is 2.34. The first-order valence-corrected chi connectivity index (χ1v) is 7.48. The predicted molar refractivity (Wildman–Crippen MR) is 86.0 cm³/mol. The first-order valence-electron chi connectivity index (χ1n) is 5.90. The maximum absolute atomic E-state index is 11.9. The molecule has 1 aliphatic rings. The summed E-state index contributed by atoms with van der Waals surface area (Å²) in [4.78, 5) is 16.7. The Bertz CT molecular complexity index is 754. The molecule has 0 atom stereocenters. The molecule has 0 radical (unpaired) electrons. The summed E-state index contributed by atoms with van der Waals surface area (Å²) in [7, 11) is 0. The highest BCUT2D eigenvalue weighted by Gasteiger charge is 2.24. The van der Waals surface area contributed by atoms with Crippen LogP contribution in [0.2, 0.25) is 10.0 Å². The molecule has 0 spiro atoms. The highest BCUT2D eigenvalue weighted by molar-refractivity contribution is 8.18. The number of nitrogens with one attached hydrogen (secondary N) is 1. The second kappa shape index (κ2) is 5.97. The van der Waals surface area contributed by atoms with Crippen LogP contribution in [0.5, 0.6) is 0 Å². The van der Waals surface area contributed by atoms with Gasteiger partial charge in [-0.25, -0.2) is 4.99 Å². The van der Waals surface area contributed by atoms with Crippen molar-refractivity contribution in [1.82, 2.24) is 5.32 Å². The highest BCUT2D eigenvalue weighted by atomic mass is 35.5. The maximum Gasteiger partial charge on any atom is 0.264 e. The Morgan fingerprint density at radius 1 is 1.24 bits per heavy atom. The summed E-state index contributed by atoms with van der Waals surface area (Å²) in [5, 5.41) is 3.89. The number of carbonyl (C=O) groups excluding carboxylic acids is 1. The summed E-state index contributed by atoms with van der Waals surface area (Å²) in [6.07, 6.45) is 3.20. The van der Waals surface area contributed by atoms with Crippen LogP contribution in [-0.4, -0.2) is 11.1 Å². The molecule has 1 N–H and O–H groups in total. The molecule has 0 aliphatic carbocycles. The van der Waals surface area contributed by atoms with Crippen molar-refractivity contribution in [3.63, 3.8) is 0 Å². The fourth-order valence-corrected chi connectivity index (χ4v) is 2.82. The quantitative estimate of drug-likeness (QED) is 0.821. The van der Waals surface area contributed by atoms with E-state index in [2.05, 4.69) is 10.3 Å². The van der Waals surface area contributed by atoms with E-state index in [4.69, 9.17) is 27.6 Å². The summed E-state index contributed by atoms with van der Waals surface area (Å²) in [5.41, 5.74) is 0.506. The number of rotatable bonds is 2. The Hall–Kier alpha value is -1.69. The molecule has 1 fully saturated rings. The summed E-state index contributed by atoms with van der Waals surface area (Å²) in [6.45, 7) is 0. The second-order valence-electron chi connectivity index (χ2n) is 4.07. The lowest BCUT2D eigenvalue weighted by Gasteiger charge is -2.00. The molecule has 0 bridgehead atoms. The molecule has 21 heavy (non-hydrogen) atoms. The lowest BCUT2D eigenvalue weighted by molar-refractivity contribution is -0.115. The van der Waals surface area contributed by atoms with Crippen LogP contribution in [0, 0.1) is 0 Å². The predicted octanol–water partition coefficient (Wildman–Crippen LogP) is 4.48. The third-order valence-electron chi connectivity index (χ3n) is 2.62. The number of thioether (sulfide) groups is 1. The van der Waals surface area contributed by atoms with Crippen LogP contribution in [-0.2, 0) is 4.79 Å². The van der Waals surface area contributed by atoms with Crippen molar-refractivity contribution < 1.29 is 9.21 Å². The molecule has 0 unspecified atom stereocenters. The van der Waals surface area contributed by atoms with Crippen LogP contribution >= 0.6 is 35.0 Å². The van der Waals surface area contributed by atoms with E-state index in [0.29, 0.717) is 31.6 Å². The van der Waals surface area contributed by atoms with Gasteiger partial charge in [-0.3, -0.25) is 4.79 Å². The van der Waals surface area contributed by atoms with Crippen molar-refractivity contribution in [2.24, 2.45) is 4.99 Å². The Morgan fingerprint density at radius 2 is 2.10 bits per heavy atom. The molecule has 1 amide bonds. The SMILES string of the molecule is O=C1NC(=Nc2cccc(Cl)c2Cl)S/C1=C\c1ccco1. The largest absolute Gasteiger partial charge is 0.465 e. The number of amidine groups is 1. The van der Waals surface area contributed by atoms with Crippen LogP contribution in [0.4, 0.5) is 5.69 Å². The number of furan rings is 1. The number of aliphatic imine (C=N–C) groups is 1. The smallest absolute Gasteiger partial charge is 0.264 e. The van der Waals surface area contributed by atoms with Crippen LogP contribution in [0.15, 0.2) is 50.9 Å². The monoisotopic (exact) mass is 338 g/mol. The van der Waals surface area contributed by atoms with Gasteiger partial charge < -0.3 is 9.73 Å². The van der Waals surface area contributed by atoms with Crippen molar-refractivity contribution in [1.29, 1.82) is 0 Å². The summed E-state index contributed by atoms with van der Waals surface area (Å²) in [6, 6.07) is 8.67. The number of amides is 1. The number of carbonyl (C=O) groups is 1. The van der Waals surface area contributed by atoms with E-state index in [1.54, 1.807) is 42.7 Å². The number of halogens is 2. The van der Waals surface area contributed by atoms with E-state index in [0.717, 1.165) is 0 Å². The minimum atomic E-state index is -0.228. The van der Waals surface area contributed by atoms with Crippen molar-refractivity contribution in [2.45, 2.75) is 0 Å². The van der Waals surface area contributed by atoms with E-state index in [1.165, 1.54) is 11.8 Å². The fourth-order valence-electron chi connectivity index (χ4n) is 1.67. The molecular weight excluding hydrogens is 331 g/mol. The Balaban J connectivity index is 1.87. The molecule has 3 rings (SSSR count). The molecule has 1 aliphatic heterocycles. The van der Waals surface area contributed by atoms with Gasteiger partial charge in [-0.15, -0.1) is 0 Å². The number of nitrogens with zero attached hydrogens (tertiary/aromatic N) is 1. The molecule has 1 aromatic heterocycles. The fraction of sp³-hybridized carbons (Fsp3) is 0. The lowest BCUT2D eigenvalue weighted by Crippen LogP contribution is -2.19. The first kappa shape index (κ1) is 14.3. The first-order chi connectivity index (χ1) is 10.1. The number of benzene rings is 1. The molecule has 7 heteroatoms. The third-order valence-corrected chi connectivity index (χ3v) is 4.34. The topological polar surface area (TPSA) is 54.6 Å². The molecule has 2 aromatic rings. The van der Waals surface area contributed by atoms with Gasteiger partial charge in [0.05, 0.1) is 26.9 Å². The van der Waals surface area contributed by atoms with Gasteiger partial charge >= 0.3 is 0 Å². The number of hydrogen-bond acceptors (Lipinski definition) is 4. The zero-order valence-electron chi connectivity index (χ0n) is 10.5. The van der Waals surface area contributed by atoms with E-state index in [-0.39, 0.29) is 5.91 Å². The Morgan fingerprint density at radius 3 is 2.86 bits per heavy atom. The van der Waals surface area contributed by atoms with Crippen molar-refractivity contribution in [3.05, 3.63) is 57.3 Å². The molecule has 2 heterocycles. The van der Waals surface area contributed by atoms with E-state index in [9.17, 15) is 4.79 Å². The van der Waals surface area contributed by atoms with Gasteiger partial charge in [0.1, 0.15) is 5.76 Å². The molecule has 1 aromatic carbocycles. The standard InChI is InChI=1S/C14H8Cl2N2O2S/c15-9-4-1-5-10(12(9)16)17-14-18-13(19)11(21-14)7-8-3-2-6-20-8/h1-7H,(H,17,18,19)/b11-7-. The van der Waals surface area contributed by atoms with Crippen molar-refractivity contribution >= 4 is 57.8 Å². The lowest BCUT2D eigenvalue weighted by atomic mass is 10.3. The average Bonchev–Trinajstić information content (AvgIpc) is 3.07. The van der Waals surface area contributed by atoms with Gasteiger partial charge in [0.15, 0.2) is 5.17 Å². The molecule has 1 saturated heterocycles. The van der Waals surface area contributed by atoms with Crippen molar-refractivity contribution in [2.75, 3.05) is 0 Å². The second-order valence-corrected chi connectivity index (χ2v) is 5.89. The van der Waals surface area contributed by atoms with Gasteiger partial charge in [0, 0.05) is 6.08 Å². The molecule has 106 valence electrons. The molecule has 4 nitrogen and oxygen atoms in total. The van der Waals surface area contributed by atoms with Crippen molar-refractivity contribution in [3.8, 4) is 0 Å². The number of hydrogen-bond donors (Lipinski definition) is 1. The minimum Gasteiger partial charge on any atom is -0.465 e. The van der Waals surface area contributed by atoms with Gasteiger partial charge in [-0.1, -0.05) is 29.3 Å². The molecular formula is C14H8Cl2N2O2S. The zero-order valence-corrected chi connectivity index (χ0v) is 12.8.